The van der Waals surface area contributed by atoms with Crippen LogP contribution >= 0.6 is 0 Å². The molecule has 0 spiro atoms. The van der Waals surface area contributed by atoms with Crippen LogP contribution in [-0.2, 0) is 11.2 Å². The van der Waals surface area contributed by atoms with Gasteiger partial charge < -0.3 is 4.90 Å². The number of hydrogen-bond donors (Lipinski definition) is 0. The standard InChI is InChI=1S/C14H16FN3O/c15-13-3-1-2-12(10-13)11-14(19)18-8-6-17(5-4-16)7-9-18/h1-3,10H,5-9,11H2. The lowest BCUT2D eigenvalue weighted by Gasteiger charge is -2.33. The minimum atomic E-state index is -0.316. The molecule has 19 heavy (non-hydrogen) atoms. The van der Waals surface area contributed by atoms with E-state index in [2.05, 4.69) is 6.07 Å². The maximum absolute atomic E-state index is 13.0. The van der Waals surface area contributed by atoms with E-state index in [9.17, 15) is 9.18 Å². The van der Waals surface area contributed by atoms with Crippen LogP contribution in [0.2, 0.25) is 0 Å². The highest BCUT2D eigenvalue weighted by Gasteiger charge is 2.20. The summed E-state index contributed by atoms with van der Waals surface area (Å²) in [5.74, 6) is -0.300. The predicted molar refractivity (Wildman–Crippen MR) is 68.7 cm³/mol. The summed E-state index contributed by atoms with van der Waals surface area (Å²) >= 11 is 0. The molecule has 5 heteroatoms. The summed E-state index contributed by atoms with van der Waals surface area (Å²) in [5, 5.41) is 8.61. The van der Waals surface area contributed by atoms with Gasteiger partial charge in [0, 0.05) is 26.2 Å². The molecule has 0 bridgehead atoms. The van der Waals surface area contributed by atoms with Crippen LogP contribution in [0.4, 0.5) is 4.39 Å². The van der Waals surface area contributed by atoms with Crippen molar-refractivity contribution in [3.8, 4) is 6.07 Å². The lowest BCUT2D eigenvalue weighted by Crippen LogP contribution is -2.49. The van der Waals surface area contributed by atoms with Crippen LogP contribution in [-0.4, -0.2) is 48.4 Å². The number of nitriles is 1. The van der Waals surface area contributed by atoms with Crippen LogP contribution in [0.25, 0.3) is 0 Å². The summed E-state index contributed by atoms with van der Waals surface area (Å²) in [5.41, 5.74) is 0.699. The third-order valence-electron chi connectivity index (χ3n) is 3.26. The summed E-state index contributed by atoms with van der Waals surface area (Å²) in [6.45, 7) is 3.13. The summed E-state index contributed by atoms with van der Waals surface area (Å²) < 4.78 is 13.0. The second-order valence-electron chi connectivity index (χ2n) is 4.62. The molecule has 1 aliphatic rings. The second-order valence-corrected chi connectivity index (χ2v) is 4.62. The molecule has 0 aliphatic carbocycles. The Morgan fingerprint density at radius 2 is 2.05 bits per heavy atom. The number of piperazine rings is 1. The summed E-state index contributed by atoms with van der Waals surface area (Å²) in [7, 11) is 0. The Morgan fingerprint density at radius 1 is 1.32 bits per heavy atom. The lowest BCUT2D eigenvalue weighted by atomic mass is 10.1. The van der Waals surface area contributed by atoms with Gasteiger partial charge in [-0.1, -0.05) is 12.1 Å². The van der Waals surface area contributed by atoms with Crippen molar-refractivity contribution in [1.82, 2.24) is 9.80 Å². The molecule has 2 rings (SSSR count). The van der Waals surface area contributed by atoms with Crippen molar-refractivity contribution in [2.45, 2.75) is 6.42 Å². The molecule has 0 unspecified atom stereocenters. The number of benzene rings is 1. The van der Waals surface area contributed by atoms with E-state index in [1.165, 1.54) is 12.1 Å². The fourth-order valence-electron chi connectivity index (χ4n) is 2.19. The molecule has 0 N–H and O–H groups in total. The molecular weight excluding hydrogens is 245 g/mol. The van der Waals surface area contributed by atoms with Gasteiger partial charge in [-0.3, -0.25) is 9.69 Å². The van der Waals surface area contributed by atoms with Gasteiger partial charge in [0.15, 0.2) is 0 Å². The summed E-state index contributed by atoms with van der Waals surface area (Å²) in [6, 6.07) is 8.24. The molecule has 100 valence electrons. The number of rotatable bonds is 3. The average molecular weight is 261 g/mol. The third-order valence-corrected chi connectivity index (χ3v) is 3.26. The molecule has 0 radical (unpaired) electrons. The number of carbonyl (C=O) groups is 1. The third kappa shape index (κ3) is 3.76. The molecule has 1 fully saturated rings. The van der Waals surface area contributed by atoms with Crippen LogP contribution in [0, 0.1) is 17.1 Å². The van der Waals surface area contributed by atoms with E-state index in [4.69, 9.17) is 5.26 Å². The molecule has 1 aromatic rings. The maximum atomic E-state index is 13.0. The second kappa shape index (κ2) is 6.30. The van der Waals surface area contributed by atoms with E-state index in [0.29, 0.717) is 25.2 Å². The van der Waals surface area contributed by atoms with Crippen molar-refractivity contribution in [1.29, 1.82) is 5.26 Å². The number of halogens is 1. The van der Waals surface area contributed by atoms with Gasteiger partial charge in [-0.2, -0.15) is 5.26 Å². The van der Waals surface area contributed by atoms with Crippen molar-refractivity contribution >= 4 is 5.91 Å². The highest BCUT2D eigenvalue weighted by molar-refractivity contribution is 5.78. The van der Waals surface area contributed by atoms with Crippen LogP contribution in [0.5, 0.6) is 0 Å². The summed E-state index contributed by atoms with van der Waals surface area (Å²) in [6.07, 6.45) is 0.232. The van der Waals surface area contributed by atoms with Crippen molar-refractivity contribution in [2.24, 2.45) is 0 Å². The number of carbonyl (C=O) groups excluding carboxylic acids is 1. The SMILES string of the molecule is N#CCN1CCN(C(=O)Cc2cccc(F)c2)CC1. The van der Waals surface area contributed by atoms with Crippen LogP contribution < -0.4 is 0 Å². The quantitative estimate of drug-likeness (QED) is 0.764. The van der Waals surface area contributed by atoms with Gasteiger partial charge in [-0.25, -0.2) is 4.39 Å². The predicted octanol–water partition coefficient (Wildman–Crippen LogP) is 1.04. The minimum absolute atomic E-state index is 0.0159. The first-order chi connectivity index (χ1) is 9.19. The van der Waals surface area contributed by atoms with Crippen molar-refractivity contribution < 1.29 is 9.18 Å². The first-order valence-electron chi connectivity index (χ1n) is 6.30. The van der Waals surface area contributed by atoms with Gasteiger partial charge in [0.25, 0.3) is 0 Å². The molecule has 0 aromatic heterocycles. The van der Waals surface area contributed by atoms with E-state index < -0.39 is 0 Å². The van der Waals surface area contributed by atoms with Gasteiger partial charge >= 0.3 is 0 Å². The average Bonchev–Trinajstić information content (AvgIpc) is 2.40. The Balaban J connectivity index is 1.86. The van der Waals surface area contributed by atoms with Gasteiger partial charge in [0.1, 0.15) is 5.82 Å². The molecule has 0 saturated carbocycles. The van der Waals surface area contributed by atoms with E-state index in [-0.39, 0.29) is 18.1 Å². The zero-order chi connectivity index (χ0) is 13.7. The van der Waals surface area contributed by atoms with Crippen LogP contribution in [0.15, 0.2) is 24.3 Å². The molecule has 4 nitrogen and oxygen atoms in total. The number of hydrogen-bond acceptors (Lipinski definition) is 3. The fraction of sp³-hybridized carbons (Fsp3) is 0.429. The molecular formula is C14H16FN3O. The molecule has 1 saturated heterocycles. The molecule has 1 heterocycles. The normalized spacial score (nSPS) is 16.1. The maximum Gasteiger partial charge on any atom is 0.227 e. The molecule has 1 amide bonds. The van der Waals surface area contributed by atoms with Crippen LogP contribution in [0.3, 0.4) is 0 Å². The molecule has 0 atom stereocenters. The first-order valence-corrected chi connectivity index (χ1v) is 6.30. The largest absolute Gasteiger partial charge is 0.340 e. The van der Waals surface area contributed by atoms with Gasteiger partial charge in [-0.05, 0) is 17.7 Å². The van der Waals surface area contributed by atoms with Gasteiger partial charge in [0.05, 0.1) is 19.0 Å². The number of amides is 1. The highest BCUT2D eigenvalue weighted by atomic mass is 19.1. The van der Waals surface area contributed by atoms with E-state index >= 15 is 0 Å². The van der Waals surface area contributed by atoms with Crippen molar-refractivity contribution in [3.63, 3.8) is 0 Å². The van der Waals surface area contributed by atoms with Crippen LogP contribution in [0.1, 0.15) is 5.56 Å². The monoisotopic (exact) mass is 261 g/mol. The van der Waals surface area contributed by atoms with E-state index in [1.54, 1.807) is 17.0 Å². The smallest absolute Gasteiger partial charge is 0.227 e. The topological polar surface area (TPSA) is 47.3 Å². The molecule has 1 aromatic carbocycles. The Kier molecular flexibility index (Phi) is 4.48. The molecule has 1 aliphatic heterocycles. The fourth-order valence-corrected chi connectivity index (χ4v) is 2.19. The Bertz CT molecular complexity index is 490. The minimum Gasteiger partial charge on any atom is -0.340 e. The van der Waals surface area contributed by atoms with Crippen molar-refractivity contribution in [3.05, 3.63) is 35.6 Å². The summed E-state index contributed by atoms with van der Waals surface area (Å²) in [4.78, 5) is 15.9. The Hall–Kier alpha value is -1.93. The zero-order valence-corrected chi connectivity index (χ0v) is 10.7. The van der Waals surface area contributed by atoms with E-state index in [1.807, 2.05) is 4.90 Å². The Labute approximate surface area is 112 Å². The zero-order valence-electron chi connectivity index (χ0n) is 10.7. The first kappa shape index (κ1) is 13.5. The number of nitrogens with zero attached hydrogens (tertiary/aromatic N) is 3. The Morgan fingerprint density at radius 3 is 2.68 bits per heavy atom. The van der Waals surface area contributed by atoms with E-state index in [0.717, 1.165) is 13.1 Å². The van der Waals surface area contributed by atoms with Crippen molar-refractivity contribution in [2.75, 3.05) is 32.7 Å². The highest BCUT2D eigenvalue weighted by Crippen LogP contribution is 2.08. The lowest BCUT2D eigenvalue weighted by molar-refractivity contribution is -0.132. The van der Waals surface area contributed by atoms with Gasteiger partial charge in [-0.15, -0.1) is 0 Å². The van der Waals surface area contributed by atoms with Gasteiger partial charge in [0.2, 0.25) is 5.91 Å².